The third kappa shape index (κ3) is 10.5. The van der Waals surface area contributed by atoms with Gasteiger partial charge in [0.15, 0.2) is 0 Å². The number of nitrogens with zero attached hydrogens (tertiary/aromatic N) is 5. The number of esters is 1. The Balaban J connectivity index is 1.13. The molecular formula is C56H71N7O7. The first-order valence-corrected chi connectivity index (χ1v) is 25.3. The van der Waals surface area contributed by atoms with Crippen LogP contribution < -0.4 is 10.7 Å². The summed E-state index contributed by atoms with van der Waals surface area (Å²) in [5, 5.41) is 5.61. The number of ether oxygens (including phenoxy) is 2. The molecular weight excluding hydrogens is 883 g/mol. The van der Waals surface area contributed by atoms with Gasteiger partial charge in [0, 0.05) is 80.3 Å². The molecule has 372 valence electrons. The molecule has 2 aromatic carbocycles. The summed E-state index contributed by atoms with van der Waals surface area (Å²) in [5.74, 6) is 3.37. The number of methoxy groups -OCH3 is 1. The van der Waals surface area contributed by atoms with Crippen molar-refractivity contribution >= 4 is 40.5 Å². The minimum Gasteiger partial charge on any atom is -0.464 e. The van der Waals surface area contributed by atoms with Crippen LogP contribution in [0.2, 0.25) is 0 Å². The zero-order valence-electron chi connectivity index (χ0n) is 42.5. The molecule has 6 bridgehead atoms. The SMILES string of the molecule is CCn1c(-c2cccnc2[C@H](C)OC)c2c3cc(ccc31)-c1cccc(c1)C[C@H](NC(=O)C(C(C)C)N(C)C(=O)[C@H]1CCN(C(=O)C#CC3(C)CCC3)C1)C(=O)N1CCC[C@H](N1)C(=O)OCC(C)(C)C2. The van der Waals surface area contributed by atoms with Gasteiger partial charge >= 0.3 is 5.97 Å². The Kier molecular flexibility index (Phi) is 14.9. The van der Waals surface area contributed by atoms with Gasteiger partial charge in [-0.25, -0.2) is 5.43 Å². The van der Waals surface area contributed by atoms with Crippen molar-refractivity contribution in [2.24, 2.45) is 22.7 Å². The number of benzene rings is 2. The van der Waals surface area contributed by atoms with E-state index in [1.54, 1.807) is 25.3 Å². The molecule has 5 heterocycles. The van der Waals surface area contributed by atoms with E-state index in [0.29, 0.717) is 45.3 Å². The highest BCUT2D eigenvalue weighted by Crippen LogP contribution is 2.42. The minimum absolute atomic E-state index is 0.117. The first kappa shape index (κ1) is 50.4. The highest BCUT2D eigenvalue weighted by Gasteiger charge is 2.41. The fourth-order valence-corrected chi connectivity index (χ4v) is 10.9. The molecule has 5 atom stereocenters. The summed E-state index contributed by atoms with van der Waals surface area (Å²) < 4.78 is 14.3. The summed E-state index contributed by atoms with van der Waals surface area (Å²) in [4.78, 5) is 78.6. The smallest absolute Gasteiger partial charge is 0.324 e. The van der Waals surface area contributed by atoms with Gasteiger partial charge in [0.25, 0.3) is 11.8 Å². The van der Waals surface area contributed by atoms with Crippen molar-refractivity contribution in [1.82, 2.24) is 35.1 Å². The van der Waals surface area contributed by atoms with Crippen LogP contribution in [0.4, 0.5) is 0 Å². The van der Waals surface area contributed by atoms with E-state index in [0.717, 1.165) is 69.4 Å². The average Bonchev–Trinajstić information content (AvgIpc) is 3.96. The first-order chi connectivity index (χ1) is 33.4. The summed E-state index contributed by atoms with van der Waals surface area (Å²) in [7, 11) is 3.32. The van der Waals surface area contributed by atoms with Crippen molar-refractivity contribution < 1.29 is 33.4 Å². The number of pyridine rings is 1. The summed E-state index contributed by atoms with van der Waals surface area (Å²) >= 11 is 0. The first-order valence-electron chi connectivity index (χ1n) is 25.3. The van der Waals surface area contributed by atoms with Gasteiger partial charge < -0.3 is 29.2 Å². The number of likely N-dealkylation sites (N-methyl/N-ethyl adjacent to an activating group) is 1. The Morgan fingerprint density at radius 1 is 1.00 bits per heavy atom. The largest absolute Gasteiger partial charge is 0.464 e. The van der Waals surface area contributed by atoms with E-state index < -0.39 is 47.2 Å². The van der Waals surface area contributed by atoms with Crippen LogP contribution in [0, 0.1) is 34.5 Å². The lowest BCUT2D eigenvalue weighted by molar-refractivity contribution is -0.155. The number of rotatable bonds is 9. The lowest BCUT2D eigenvalue weighted by atomic mass is 9.71. The summed E-state index contributed by atoms with van der Waals surface area (Å²) in [6, 6.07) is 15.9. The molecule has 2 saturated heterocycles. The standard InChI is InChI=1S/C56H71N7O7/c1-10-62-46-20-19-39-31-42(46)43(50(62)41-17-12-26-57-48(41)36(4)69-9)32-55(5,6)34-70-54(68)44-18-13-27-63(59-44)53(67)45(30-37-15-11-16-38(39)29-37)58-51(65)49(35(2)3)60(8)52(66)40-22-28-61(33-40)47(64)21-25-56(7)23-14-24-56/h11-12,15-17,19-20,26,29,31,35-36,40,44-45,49,59H,10,13-14,18,22-24,27-28,30,32-34H2,1-9H3,(H,58,65)/t36-,40-,44-,45-,49?/m0/s1. The topological polar surface area (TPSA) is 155 Å². The highest BCUT2D eigenvalue weighted by atomic mass is 16.5. The second-order valence-electron chi connectivity index (χ2n) is 21.4. The second-order valence-corrected chi connectivity index (χ2v) is 21.4. The van der Waals surface area contributed by atoms with Crippen LogP contribution in [0.3, 0.4) is 0 Å². The third-order valence-electron chi connectivity index (χ3n) is 15.0. The van der Waals surface area contributed by atoms with Gasteiger partial charge in [0.2, 0.25) is 11.8 Å². The number of nitrogens with one attached hydrogen (secondary N) is 2. The molecule has 14 nitrogen and oxygen atoms in total. The van der Waals surface area contributed by atoms with E-state index in [4.69, 9.17) is 14.5 Å². The van der Waals surface area contributed by atoms with Crippen LogP contribution in [-0.2, 0) is 52.8 Å². The van der Waals surface area contributed by atoms with Crippen molar-refractivity contribution in [2.45, 2.75) is 131 Å². The van der Waals surface area contributed by atoms with E-state index in [1.165, 1.54) is 9.91 Å². The lowest BCUT2D eigenvalue weighted by Gasteiger charge is -2.37. The van der Waals surface area contributed by atoms with Crippen LogP contribution >= 0.6 is 0 Å². The normalized spacial score (nSPS) is 22.0. The van der Waals surface area contributed by atoms with Crippen molar-refractivity contribution in [2.75, 3.05) is 40.4 Å². The van der Waals surface area contributed by atoms with Gasteiger partial charge in [-0.3, -0.25) is 34.0 Å². The maximum absolute atomic E-state index is 14.8. The number of hydrogen-bond donors (Lipinski definition) is 2. The monoisotopic (exact) mass is 954 g/mol. The molecule has 14 heteroatoms. The Bertz CT molecular complexity index is 2710. The number of carbonyl (C=O) groups excluding carboxylic acids is 5. The van der Waals surface area contributed by atoms with E-state index >= 15 is 0 Å². The zero-order valence-corrected chi connectivity index (χ0v) is 42.5. The van der Waals surface area contributed by atoms with Gasteiger partial charge in [0.1, 0.15) is 18.1 Å². The minimum atomic E-state index is -1.05. The van der Waals surface area contributed by atoms with E-state index in [2.05, 4.69) is 91.2 Å². The van der Waals surface area contributed by atoms with Crippen LogP contribution in [0.15, 0.2) is 60.8 Å². The molecule has 4 aromatic rings. The van der Waals surface area contributed by atoms with Gasteiger partial charge in [-0.15, -0.1) is 0 Å². The molecule has 1 saturated carbocycles. The fraction of sp³-hybridized carbons (Fsp3) is 0.536. The van der Waals surface area contributed by atoms with Gasteiger partial charge in [-0.05, 0) is 118 Å². The average molecular weight is 954 g/mol. The Morgan fingerprint density at radius 2 is 1.77 bits per heavy atom. The molecule has 3 fully saturated rings. The number of aryl methyl sites for hydroxylation is 1. The number of likely N-dealkylation sites (tertiary alicyclic amines) is 1. The molecule has 70 heavy (non-hydrogen) atoms. The second kappa shape index (κ2) is 20.7. The number of cyclic esters (lactones) is 1. The van der Waals surface area contributed by atoms with Crippen molar-refractivity contribution in [1.29, 1.82) is 0 Å². The summed E-state index contributed by atoms with van der Waals surface area (Å²) in [6.45, 7) is 16.0. The molecule has 4 aliphatic rings. The highest BCUT2D eigenvalue weighted by molar-refractivity contribution is 5.97. The predicted molar refractivity (Wildman–Crippen MR) is 269 cm³/mol. The maximum atomic E-state index is 14.8. The summed E-state index contributed by atoms with van der Waals surface area (Å²) in [5.41, 5.74) is 10.4. The Labute approximate surface area is 413 Å². The van der Waals surface area contributed by atoms with Gasteiger partial charge in [-0.1, -0.05) is 70.4 Å². The summed E-state index contributed by atoms with van der Waals surface area (Å²) in [6.07, 6.45) is 6.85. The maximum Gasteiger partial charge on any atom is 0.324 e. The zero-order chi connectivity index (χ0) is 50.1. The van der Waals surface area contributed by atoms with Crippen molar-refractivity contribution in [3.05, 3.63) is 77.6 Å². The number of hydrogen-bond acceptors (Lipinski definition) is 9. The third-order valence-corrected chi connectivity index (χ3v) is 15.0. The van der Waals surface area contributed by atoms with Crippen LogP contribution in [-0.4, -0.2) is 112 Å². The molecule has 2 N–H and O–H groups in total. The lowest BCUT2D eigenvalue weighted by Crippen LogP contribution is -2.62. The number of aromatic nitrogens is 2. The molecule has 2 aromatic heterocycles. The van der Waals surface area contributed by atoms with Gasteiger partial charge in [0.05, 0.1) is 30.0 Å². The Morgan fingerprint density at radius 3 is 2.49 bits per heavy atom. The van der Waals surface area contributed by atoms with Crippen molar-refractivity contribution in [3.63, 3.8) is 0 Å². The molecule has 0 radical (unpaired) electrons. The van der Waals surface area contributed by atoms with Crippen LogP contribution in [0.5, 0.6) is 0 Å². The molecule has 3 aliphatic heterocycles. The quantitative estimate of drug-likeness (QED) is 0.130. The van der Waals surface area contributed by atoms with E-state index in [1.807, 2.05) is 39.0 Å². The van der Waals surface area contributed by atoms with E-state index in [9.17, 15) is 24.0 Å². The molecule has 0 spiro atoms. The number of fused-ring (bicyclic) bond motifs is 6. The van der Waals surface area contributed by atoms with E-state index in [-0.39, 0.29) is 48.8 Å². The fourth-order valence-electron chi connectivity index (χ4n) is 10.9. The Hall–Kier alpha value is -6.04. The van der Waals surface area contributed by atoms with Crippen LogP contribution in [0.25, 0.3) is 33.3 Å². The predicted octanol–water partition coefficient (Wildman–Crippen LogP) is 7.27. The molecule has 1 aliphatic carbocycles. The molecule has 4 amide bonds. The number of carbonyl (C=O) groups is 5. The van der Waals surface area contributed by atoms with Crippen LogP contribution in [0.1, 0.15) is 110 Å². The molecule has 1 unspecified atom stereocenters. The van der Waals surface area contributed by atoms with Gasteiger partial charge in [-0.2, -0.15) is 0 Å². The number of hydrazine groups is 1. The number of amides is 4. The van der Waals surface area contributed by atoms with Crippen molar-refractivity contribution in [3.8, 4) is 34.2 Å². The molecule has 8 rings (SSSR count).